The molecule has 1 aromatic carbocycles. The maximum absolute atomic E-state index is 12.0. The lowest BCUT2D eigenvalue weighted by atomic mass is 10.0. The van der Waals surface area contributed by atoms with Gasteiger partial charge in [0.05, 0.1) is 6.07 Å². The smallest absolute Gasteiger partial charge is 0.244 e. The number of carbonyl (C=O) groups is 1. The SMILES string of the molecule is CCc1cccc(C)c1NC(=O)C1(C#N)CC1. The zero-order valence-corrected chi connectivity index (χ0v) is 10.2. The summed E-state index contributed by atoms with van der Waals surface area (Å²) in [7, 11) is 0. The number of para-hydroxylation sites is 1. The van der Waals surface area contributed by atoms with Crippen molar-refractivity contribution in [3.63, 3.8) is 0 Å². The van der Waals surface area contributed by atoms with Crippen LogP contribution in [0.1, 0.15) is 30.9 Å². The fourth-order valence-corrected chi connectivity index (χ4v) is 1.95. The molecule has 0 heterocycles. The molecule has 3 heteroatoms. The largest absolute Gasteiger partial charge is 0.324 e. The molecule has 0 saturated heterocycles. The number of anilines is 1. The Balaban J connectivity index is 2.25. The Labute approximate surface area is 101 Å². The Morgan fingerprint density at radius 2 is 2.24 bits per heavy atom. The van der Waals surface area contributed by atoms with Crippen LogP contribution in [0.5, 0.6) is 0 Å². The highest BCUT2D eigenvalue weighted by molar-refractivity contribution is 6.00. The van der Waals surface area contributed by atoms with E-state index >= 15 is 0 Å². The molecule has 1 aromatic rings. The van der Waals surface area contributed by atoms with Crippen molar-refractivity contribution < 1.29 is 4.79 Å². The molecule has 1 saturated carbocycles. The van der Waals surface area contributed by atoms with Crippen LogP contribution in [0.3, 0.4) is 0 Å². The van der Waals surface area contributed by atoms with E-state index in [9.17, 15) is 4.79 Å². The molecular weight excluding hydrogens is 212 g/mol. The molecule has 2 rings (SSSR count). The van der Waals surface area contributed by atoms with E-state index in [1.54, 1.807) is 0 Å². The van der Waals surface area contributed by atoms with E-state index in [0.29, 0.717) is 12.8 Å². The highest BCUT2D eigenvalue weighted by Gasteiger charge is 2.50. The third kappa shape index (κ3) is 2.03. The number of rotatable bonds is 3. The van der Waals surface area contributed by atoms with Crippen LogP contribution >= 0.6 is 0 Å². The van der Waals surface area contributed by atoms with Crippen molar-refractivity contribution >= 4 is 11.6 Å². The molecule has 0 spiro atoms. The predicted octanol–water partition coefficient (Wildman–Crippen LogP) is 2.80. The van der Waals surface area contributed by atoms with Gasteiger partial charge in [-0.3, -0.25) is 4.79 Å². The summed E-state index contributed by atoms with van der Waals surface area (Å²) in [6.45, 7) is 4.03. The van der Waals surface area contributed by atoms with E-state index in [2.05, 4.69) is 18.3 Å². The summed E-state index contributed by atoms with van der Waals surface area (Å²) in [6.07, 6.45) is 2.24. The van der Waals surface area contributed by atoms with Gasteiger partial charge in [-0.15, -0.1) is 0 Å². The number of aryl methyl sites for hydroxylation is 2. The van der Waals surface area contributed by atoms with Gasteiger partial charge in [0.2, 0.25) is 5.91 Å². The number of nitrogens with zero attached hydrogens (tertiary/aromatic N) is 1. The van der Waals surface area contributed by atoms with E-state index in [1.165, 1.54) is 0 Å². The maximum Gasteiger partial charge on any atom is 0.244 e. The molecule has 0 aromatic heterocycles. The number of nitrogens with one attached hydrogen (secondary N) is 1. The van der Waals surface area contributed by atoms with Crippen LogP contribution in [-0.4, -0.2) is 5.91 Å². The second-order valence-electron chi connectivity index (χ2n) is 4.61. The number of hydrogen-bond donors (Lipinski definition) is 1. The molecule has 1 fully saturated rings. The Morgan fingerprint density at radius 3 is 2.76 bits per heavy atom. The molecule has 0 radical (unpaired) electrons. The van der Waals surface area contributed by atoms with Crippen LogP contribution in [0.25, 0.3) is 0 Å². The number of benzene rings is 1. The first-order chi connectivity index (χ1) is 8.13. The summed E-state index contributed by atoms with van der Waals surface area (Å²) in [6, 6.07) is 8.09. The second kappa shape index (κ2) is 4.21. The van der Waals surface area contributed by atoms with Gasteiger partial charge in [-0.2, -0.15) is 5.26 Å². The molecule has 1 N–H and O–H groups in total. The number of amides is 1. The number of hydrogen-bond acceptors (Lipinski definition) is 2. The quantitative estimate of drug-likeness (QED) is 0.864. The zero-order chi connectivity index (χ0) is 12.5. The van der Waals surface area contributed by atoms with Crippen LogP contribution in [-0.2, 0) is 11.2 Å². The summed E-state index contributed by atoms with van der Waals surface area (Å²) in [5.74, 6) is -0.149. The lowest BCUT2D eigenvalue weighted by Gasteiger charge is -2.14. The van der Waals surface area contributed by atoms with E-state index in [-0.39, 0.29) is 5.91 Å². The fourth-order valence-electron chi connectivity index (χ4n) is 1.95. The highest BCUT2D eigenvalue weighted by Crippen LogP contribution is 2.46. The van der Waals surface area contributed by atoms with Crippen molar-refractivity contribution in [2.75, 3.05) is 5.32 Å². The van der Waals surface area contributed by atoms with Crippen LogP contribution in [0.15, 0.2) is 18.2 Å². The molecule has 17 heavy (non-hydrogen) atoms. The van der Waals surface area contributed by atoms with Gasteiger partial charge in [-0.05, 0) is 37.3 Å². The van der Waals surface area contributed by atoms with Crippen LogP contribution in [0, 0.1) is 23.7 Å². The van der Waals surface area contributed by atoms with Crippen molar-refractivity contribution in [1.29, 1.82) is 5.26 Å². The maximum atomic E-state index is 12.0. The molecule has 3 nitrogen and oxygen atoms in total. The van der Waals surface area contributed by atoms with Crippen molar-refractivity contribution in [1.82, 2.24) is 0 Å². The molecule has 1 aliphatic rings. The summed E-state index contributed by atoms with van der Waals surface area (Å²) in [5, 5.41) is 11.9. The lowest BCUT2D eigenvalue weighted by Crippen LogP contribution is -2.23. The Bertz CT molecular complexity index is 495. The van der Waals surface area contributed by atoms with E-state index in [4.69, 9.17) is 5.26 Å². The average Bonchev–Trinajstić information content (AvgIpc) is 3.12. The summed E-state index contributed by atoms with van der Waals surface area (Å²) < 4.78 is 0. The van der Waals surface area contributed by atoms with Gasteiger partial charge in [0.15, 0.2) is 0 Å². The number of carbonyl (C=O) groups excluding carboxylic acids is 1. The summed E-state index contributed by atoms with van der Waals surface area (Å²) in [5.41, 5.74) is 2.29. The molecule has 1 aliphatic carbocycles. The predicted molar refractivity (Wildman–Crippen MR) is 66.5 cm³/mol. The summed E-state index contributed by atoms with van der Waals surface area (Å²) >= 11 is 0. The normalized spacial score (nSPS) is 16.1. The van der Waals surface area contributed by atoms with Crippen molar-refractivity contribution in [3.05, 3.63) is 29.3 Å². The Hall–Kier alpha value is -1.82. The zero-order valence-electron chi connectivity index (χ0n) is 10.2. The van der Waals surface area contributed by atoms with Crippen molar-refractivity contribution in [2.24, 2.45) is 5.41 Å². The van der Waals surface area contributed by atoms with E-state index < -0.39 is 5.41 Å². The van der Waals surface area contributed by atoms with E-state index in [1.807, 2.05) is 25.1 Å². The van der Waals surface area contributed by atoms with Crippen LogP contribution in [0.4, 0.5) is 5.69 Å². The highest BCUT2D eigenvalue weighted by atomic mass is 16.2. The van der Waals surface area contributed by atoms with Gasteiger partial charge in [0.25, 0.3) is 0 Å². The Kier molecular flexibility index (Phi) is 2.89. The minimum atomic E-state index is -0.757. The van der Waals surface area contributed by atoms with Gasteiger partial charge in [-0.25, -0.2) is 0 Å². The first kappa shape index (κ1) is 11.7. The second-order valence-corrected chi connectivity index (χ2v) is 4.61. The van der Waals surface area contributed by atoms with Gasteiger partial charge >= 0.3 is 0 Å². The molecular formula is C14H16N2O. The first-order valence-corrected chi connectivity index (χ1v) is 5.94. The minimum Gasteiger partial charge on any atom is -0.324 e. The standard InChI is InChI=1S/C14H16N2O/c1-3-11-6-4-5-10(2)12(11)16-13(17)14(9-15)7-8-14/h4-6H,3,7-8H2,1-2H3,(H,16,17). The van der Waals surface area contributed by atoms with Gasteiger partial charge in [0, 0.05) is 5.69 Å². The Morgan fingerprint density at radius 1 is 1.53 bits per heavy atom. The summed E-state index contributed by atoms with van der Waals surface area (Å²) in [4.78, 5) is 12.0. The van der Waals surface area contributed by atoms with Crippen molar-refractivity contribution in [3.8, 4) is 6.07 Å². The van der Waals surface area contributed by atoms with Crippen molar-refractivity contribution in [2.45, 2.75) is 33.1 Å². The van der Waals surface area contributed by atoms with E-state index in [0.717, 1.165) is 23.2 Å². The van der Waals surface area contributed by atoms with Gasteiger partial charge in [0.1, 0.15) is 5.41 Å². The molecule has 1 amide bonds. The minimum absolute atomic E-state index is 0.149. The fraction of sp³-hybridized carbons (Fsp3) is 0.429. The molecule has 0 bridgehead atoms. The third-order valence-corrected chi connectivity index (χ3v) is 3.38. The molecule has 0 aliphatic heterocycles. The molecule has 88 valence electrons. The molecule has 0 unspecified atom stereocenters. The van der Waals surface area contributed by atoms with Gasteiger partial charge < -0.3 is 5.32 Å². The average molecular weight is 228 g/mol. The van der Waals surface area contributed by atoms with Crippen LogP contribution < -0.4 is 5.32 Å². The molecule has 0 atom stereocenters. The lowest BCUT2D eigenvalue weighted by molar-refractivity contribution is -0.119. The monoisotopic (exact) mass is 228 g/mol. The topological polar surface area (TPSA) is 52.9 Å². The third-order valence-electron chi connectivity index (χ3n) is 3.38. The first-order valence-electron chi connectivity index (χ1n) is 5.94. The van der Waals surface area contributed by atoms with Crippen LogP contribution in [0.2, 0.25) is 0 Å². The van der Waals surface area contributed by atoms with Gasteiger partial charge in [-0.1, -0.05) is 25.1 Å². The number of nitriles is 1.